The van der Waals surface area contributed by atoms with Crippen LogP contribution in [0.2, 0.25) is 5.02 Å². The zero-order valence-electron chi connectivity index (χ0n) is 9.43. The number of hydrazone groups is 1. The Morgan fingerprint density at radius 1 is 1.39 bits per heavy atom. The standard InChI is InChI=1S/C12H11ClN4O/c13-10-3-1-9(2-4-10)8-15-17-12(18)7-11-5-6-14-16-11/h1-6,8H,7H2,(H,14,16)(H,17,18). The summed E-state index contributed by atoms with van der Waals surface area (Å²) in [5, 5.41) is 11.0. The Balaban J connectivity index is 1.84. The van der Waals surface area contributed by atoms with Crippen LogP contribution in [0.1, 0.15) is 11.3 Å². The molecule has 6 heteroatoms. The van der Waals surface area contributed by atoms with Crippen LogP contribution in [0.4, 0.5) is 0 Å². The summed E-state index contributed by atoms with van der Waals surface area (Å²) in [5.41, 5.74) is 4.04. The normalized spacial score (nSPS) is 10.7. The third-order valence-corrected chi connectivity index (χ3v) is 2.43. The number of hydrogen-bond acceptors (Lipinski definition) is 3. The molecule has 0 atom stereocenters. The Hall–Kier alpha value is -2.14. The molecule has 0 aliphatic rings. The number of halogens is 1. The number of aromatic nitrogens is 2. The summed E-state index contributed by atoms with van der Waals surface area (Å²) in [6, 6.07) is 8.88. The molecule has 1 heterocycles. The zero-order valence-corrected chi connectivity index (χ0v) is 10.2. The lowest BCUT2D eigenvalue weighted by molar-refractivity contribution is -0.120. The van der Waals surface area contributed by atoms with E-state index in [2.05, 4.69) is 20.7 Å². The average molecular weight is 263 g/mol. The first kappa shape index (κ1) is 12.3. The molecule has 0 radical (unpaired) electrons. The van der Waals surface area contributed by atoms with Crippen LogP contribution in [0.5, 0.6) is 0 Å². The number of benzene rings is 1. The molecule has 0 aliphatic heterocycles. The molecule has 0 unspecified atom stereocenters. The first-order valence-electron chi connectivity index (χ1n) is 5.30. The van der Waals surface area contributed by atoms with E-state index < -0.39 is 0 Å². The number of aromatic amines is 1. The van der Waals surface area contributed by atoms with E-state index in [4.69, 9.17) is 11.6 Å². The van der Waals surface area contributed by atoms with Crippen molar-refractivity contribution in [3.05, 3.63) is 52.8 Å². The fourth-order valence-electron chi connectivity index (χ4n) is 1.32. The van der Waals surface area contributed by atoms with Crippen LogP contribution >= 0.6 is 11.6 Å². The minimum absolute atomic E-state index is 0.204. The highest BCUT2D eigenvalue weighted by molar-refractivity contribution is 6.30. The Morgan fingerprint density at radius 2 is 2.17 bits per heavy atom. The van der Waals surface area contributed by atoms with Crippen LogP contribution in [-0.2, 0) is 11.2 Å². The Bertz CT molecular complexity index is 534. The molecule has 18 heavy (non-hydrogen) atoms. The molecule has 1 amide bonds. The van der Waals surface area contributed by atoms with Crippen molar-refractivity contribution in [1.29, 1.82) is 0 Å². The van der Waals surface area contributed by atoms with E-state index in [1.54, 1.807) is 30.6 Å². The van der Waals surface area contributed by atoms with Crippen molar-refractivity contribution in [2.24, 2.45) is 5.10 Å². The third-order valence-electron chi connectivity index (χ3n) is 2.18. The van der Waals surface area contributed by atoms with Crippen LogP contribution in [0, 0.1) is 0 Å². The number of carbonyl (C=O) groups is 1. The maximum absolute atomic E-state index is 11.5. The molecule has 0 spiro atoms. The van der Waals surface area contributed by atoms with Crippen LogP contribution in [0.15, 0.2) is 41.6 Å². The highest BCUT2D eigenvalue weighted by Crippen LogP contribution is 2.07. The largest absolute Gasteiger partial charge is 0.282 e. The minimum Gasteiger partial charge on any atom is -0.282 e. The Morgan fingerprint density at radius 3 is 2.83 bits per heavy atom. The summed E-state index contributed by atoms with van der Waals surface area (Å²) in [7, 11) is 0. The maximum atomic E-state index is 11.5. The molecular formula is C12H11ClN4O. The Kier molecular flexibility index (Phi) is 4.09. The summed E-state index contributed by atoms with van der Waals surface area (Å²) < 4.78 is 0. The van der Waals surface area contributed by atoms with Crippen LogP contribution in [0.3, 0.4) is 0 Å². The van der Waals surface area contributed by atoms with Gasteiger partial charge in [0.05, 0.1) is 12.6 Å². The number of H-pyrrole nitrogens is 1. The highest BCUT2D eigenvalue weighted by atomic mass is 35.5. The van der Waals surface area contributed by atoms with E-state index in [9.17, 15) is 4.79 Å². The summed E-state index contributed by atoms with van der Waals surface area (Å²) in [4.78, 5) is 11.5. The number of hydrogen-bond donors (Lipinski definition) is 2. The van der Waals surface area contributed by atoms with Gasteiger partial charge in [0, 0.05) is 16.9 Å². The number of rotatable bonds is 4. The summed E-state index contributed by atoms with van der Waals surface area (Å²) in [6.07, 6.45) is 3.37. The smallest absolute Gasteiger partial charge is 0.246 e. The second-order valence-electron chi connectivity index (χ2n) is 3.60. The monoisotopic (exact) mass is 262 g/mol. The van der Waals surface area contributed by atoms with E-state index in [1.807, 2.05) is 12.1 Å². The van der Waals surface area contributed by atoms with Crippen molar-refractivity contribution in [2.75, 3.05) is 0 Å². The van der Waals surface area contributed by atoms with Crippen LogP contribution in [0.25, 0.3) is 0 Å². The molecule has 2 rings (SSSR count). The van der Waals surface area contributed by atoms with Crippen molar-refractivity contribution in [3.63, 3.8) is 0 Å². The molecule has 2 N–H and O–H groups in total. The second kappa shape index (κ2) is 5.97. The van der Waals surface area contributed by atoms with Gasteiger partial charge in [-0.05, 0) is 23.8 Å². The fourth-order valence-corrected chi connectivity index (χ4v) is 1.45. The summed E-state index contributed by atoms with van der Waals surface area (Å²) in [5.74, 6) is -0.204. The van der Waals surface area contributed by atoms with Gasteiger partial charge in [0.1, 0.15) is 0 Å². The molecule has 2 aromatic rings. The zero-order chi connectivity index (χ0) is 12.8. The van der Waals surface area contributed by atoms with Crippen LogP contribution < -0.4 is 5.43 Å². The van der Waals surface area contributed by atoms with E-state index in [1.165, 1.54) is 0 Å². The lowest BCUT2D eigenvalue weighted by Gasteiger charge is -1.97. The average Bonchev–Trinajstić information content (AvgIpc) is 2.84. The SMILES string of the molecule is O=C(Cc1ccn[nH]1)NN=Cc1ccc(Cl)cc1. The quantitative estimate of drug-likeness (QED) is 0.651. The molecule has 0 fully saturated rings. The number of nitrogens with zero attached hydrogens (tertiary/aromatic N) is 2. The molecule has 0 bridgehead atoms. The first-order chi connectivity index (χ1) is 8.74. The van der Waals surface area contributed by atoms with Gasteiger partial charge in [-0.25, -0.2) is 5.43 Å². The van der Waals surface area contributed by atoms with Gasteiger partial charge in [-0.2, -0.15) is 10.2 Å². The molecular weight excluding hydrogens is 252 g/mol. The molecule has 5 nitrogen and oxygen atoms in total. The van der Waals surface area contributed by atoms with Gasteiger partial charge < -0.3 is 0 Å². The van der Waals surface area contributed by atoms with E-state index in [0.29, 0.717) is 5.02 Å². The fraction of sp³-hybridized carbons (Fsp3) is 0.0833. The van der Waals surface area contributed by atoms with Crippen molar-refractivity contribution in [3.8, 4) is 0 Å². The second-order valence-corrected chi connectivity index (χ2v) is 4.04. The molecule has 92 valence electrons. The Labute approximate surface area is 109 Å². The van der Waals surface area contributed by atoms with Gasteiger partial charge >= 0.3 is 0 Å². The van der Waals surface area contributed by atoms with Gasteiger partial charge in [0.2, 0.25) is 5.91 Å². The van der Waals surface area contributed by atoms with Gasteiger partial charge in [-0.15, -0.1) is 0 Å². The third kappa shape index (κ3) is 3.71. The summed E-state index contributed by atoms with van der Waals surface area (Å²) in [6.45, 7) is 0. The van der Waals surface area contributed by atoms with Crippen LogP contribution in [-0.4, -0.2) is 22.3 Å². The lowest BCUT2D eigenvalue weighted by Crippen LogP contribution is -2.19. The maximum Gasteiger partial charge on any atom is 0.246 e. The van der Waals surface area contributed by atoms with Gasteiger partial charge in [-0.3, -0.25) is 9.89 Å². The summed E-state index contributed by atoms with van der Waals surface area (Å²) >= 11 is 5.75. The molecule has 0 aliphatic carbocycles. The molecule has 0 saturated heterocycles. The predicted molar refractivity (Wildman–Crippen MR) is 69.5 cm³/mol. The van der Waals surface area contributed by atoms with Gasteiger partial charge in [0.25, 0.3) is 0 Å². The highest BCUT2D eigenvalue weighted by Gasteiger charge is 2.02. The first-order valence-corrected chi connectivity index (χ1v) is 5.67. The topological polar surface area (TPSA) is 70.1 Å². The number of nitrogens with one attached hydrogen (secondary N) is 2. The van der Waals surface area contributed by atoms with Gasteiger partial charge in [0.15, 0.2) is 0 Å². The molecule has 1 aromatic heterocycles. The lowest BCUT2D eigenvalue weighted by atomic mass is 10.2. The number of amides is 1. The minimum atomic E-state index is -0.204. The van der Waals surface area contributed by atoms with Crippen molar-refractivity contribution >= 4 is 23.7 Å². The van der Waals surface area contributed by atoms with E-state index in [0.717, 1.165) is 11.3 Å². The predicted octanol–water partition coefficient (Wildman–Crippen LogP) is 1.76. The van der Waals surface area contributed by atoms with E-state index >= 15 is 0 Å². The molecule has 0 saturated carbocycles. The van der Waals surface area contributed by atoms with Crippen molar-refractivity contribution in [2.45, 2.75) is 6.42 Å². The van der Waals surface area contributed by atoms with Crippen molar-refractivity contribution < 1.29 is 4.79 Å². The van der Waals surface area contributed by atoms with Crippen molar-refractivity contribution in [1.82, 2.24) is 15.6 Å². The van der Waals surface area contributed by atoms with E-state index in [-0.39, 0.29) is 12.3 Å². The molecule has 1 aromatic carbocycles. The van der Waals surface area contributed by atoms with Gasteiger partial charge in [-0.1, -0.05) is 23.7 Å². The number of carbonyl (C=O) groups excluding carboxylic acids is 1.